The normalized spacial score (nSPS) is 19.8. The van der Waals surface area contributed by atoms with Crippen LogP contribution in [0.4, 0.5) is 14.5 Å². The number of benzene rings is 2. The molecule has 8 nitrogen and oxygen atoms in total. The Labute approximate surface area is 226 Å². The molecule has 2 aliphatic rings. The second-order valence-electron chi connectivity index (χ2n) is 10.4. The van der Waals surface area contributed by atoms with E-state index in [2.05, 4.69) is 22.5 Å². The van der Waals surface area contributed by atoms with Crippen LogP contribution in [0.3, 0.4) is 0 Å². The van der Waals surface area contributed by atoms with Gasteiger partial charge in [0.1, 0.15) is 22.9 Å². The first-order chi connectivity index (χ1) is 18.7. The van der Waals surface area contributed by atoms with Crippen LogP contribution < -0.4 is 20.3 Å². The van der Waals surface area contributed by atoms with Crippen molar-refractivity contribution in [2.75, 3.05) is 31.1 Å². The number of hydrogen-bond donors (Lipinski definition) is 3. The van der Waals surface area contributed by atoms with Gasteiger partial charge in [-0.1, -0.05) is 6.92 Å². The van der Waals surface area contributed by atoms with Gasteiger partial charge < -0.3 is 25.4 Å². The molecule has 1 aliphatic carbocycles. The quantitative estimate of drug-likeness (QED) is 0.405. The van der Waals surface area contributed by atoms with E-state index < -0.39 is 35.0 Å². The first kappa shape index (κ1) is 28.3. The molecule has 1 saturated carbocycles. The molecule has 0 spiro atoms. The van der Waals surface area contributed by atoms with Crippen LogP contribution in [-0.4, -0.2) is 55.2 Å². The lowest BCUT2D eigenvalue weighted by Gasteiger charge is -2.32. The van der Waals surface area contributed by atoms with Crippen LogP contribution in [0.5, 0.6) is 5.75 Å². The van der Waals surface area contributed by atoms with Gasteiger partial charge >= 0.3 is 5.97 Å². The fraction of sp³-hybridized carbons (Fsp3) is 0.483. The number of rotatable bonds is 9. The van der Waals surface area contributed by atoms with Crippen molar-refractivity contribution in [3.8, 4) is 5.75 Å². The second-order valence-corrected chi connectivity index (χ2v) is 10.4. The Morgan fingerprint density at radius 1 is 0.897 bits per heavy atom. The molecule has 0 bridgehead atoms. The molecule has 4 rings (SSSR count). The van der Waals surface area contributed by atoms with Crippen LogP contribution in [0, 0.1) is 23.5 Å². The highest BCUT2D eigenvalue weighted by Crippen LogP contribution is 2.29. The third kappa shape index (κ3) is 7.46. The molecular formula is C29H35F2N3O5. The molecule has 2 amide bonds. The summed E-state index contributed by atoms with van der Waals surface area (Å²) in [6, 6.07) is 9.27. The molecule has 0 aromatic heterocycles. The van der Waals surface area contributed by atoms with E-state index >= 15 is 0 Å². The van der Waals surface area contributed by atoms with E-state index in [-0.39, 0.29) is 30.9 Å². The fourth-order valence-corrected chi connectivity index (χ4v) is 5.09. The lowest BCUT2D eigenvalue weighted by molar-refractivity contribution is -0.143. The lowest BCUT2D eigenvalue weighted by Crippen LogP contribution is -2.35. The predicted molar refractivity (Wildman–Crippen MR) is 142 cm³/mol. The van der Waals surface area contributed by atoms with Crippen molar-refractivity contribution in [1.82, 2.24) is 10.6 Å². The number of carboxylic acids is 1. The molecule has 0 atom stereocenters. The van der Waals surface area contributed by atoms with E-state index in [0.29, 0.717) is 31.2 Å². The maximum atomic E-state index is 14.6. The van der Waals surface area contributed by atoms with Gasteiger partial charge in [0.15, 0.2) is 0 Å². The zero-order chi connectivity index (χ0) is 27.9. The summed E-state index contributed by atoms with van der Waals surface area (Å²) >= 11 is 0. The van der Waals surface area contributed by atoms with Crippen LogP contribution in [0.1, 0.15) is 66.2 Å². The first-order valence-corrected chi connectivity index (χ1v) is 13.5. The van der Waals surface area contributed by atoms with E-state index in [4.69, 9.17) is 9.84 Å². The molecule has 0 radical (unpaired) electrons. The Morgan fingerprint density at radius 2 is 1.46 bits per heavy atom. The number of ether oxygens (including phenoxy) is 1. The third-order valence-corrected chi connectivity index (χ3v) is 7.54. The maximum absolute atomic E-state index is 14.6. The van der Waals surface area contributed by atoms with E-state index in [1.165, 1.54) is 0 Å². The van der Waals surface area contributed by atoms with Gasteiger partial charge in [-0.3, -0.25) is 14.4 Å². The Bertz CT molecular complexity index is 1150. The number of piperidine rings is 1. The molecule has 2 fully saturated rings. The highest BCUT2D eigenvalue weighted by atomic mass is 19.1. The highest BCUT2D eigenvalue weighted by molar-refractivity contribution is 5.95. The summed E-state index contributed by atoms with van der Waals surface area (Å²) in [6.07, 6.45) is 3.77. The molecule has 210 valence electrons. The Kier molecular flexibility index (Phi) is 9.37. The zero-order valence-electron chi connectivity index (χ0n) is 22.1. The number of nitrogens with zero attached hydrogens (tertiary/aromatic N) is 1. The van der Waals surface area contributed by atoms with E-state index in [1.54, 1.807) is 12.1 Å². The summed E-state index contributed by atoms with van der Waals surface area (Å²) in [4.78, 5) is 38.2. The Hall–Kier alpha value is -3.69. The van der Waals surface area contributed by atoms with Crippen LogP contribution in [0.25, 0.3) is 0 Å². The Balaban J connectivity index is 1.22. The number of aliphatic carboxylic acids is 1. The summed E-state index contributed by atoms with van der Waals surface area (Å²) < 4.78 is 34.8. The standard InChI is InChI=1S/C29H35F2N3O5/c1-18-10-14-34(15-11-18)21-6-2-19(3-7-21)27(35)32-12-13-33-28(36)26-24(30)16-23(17-25(26)31)39-22-8-4-20(5-9-22)29(37)38/h2-3,6-7,16-18,20,22H,4-5,8-15H2,1H3,(H,32,35)(H,33,36)(H,37,38)/t20-,22+. The third-order valence-electron chi connectivity index (χ3n) is 7.54. The summed E-state index contributed by atoms with van der Waals surface area (Å²) in [5.41, 5.74) is 0.835. The molecule has 3 N–H and O–H groups in total. The van der Waals surface area contributed by atoms with Crippen LogP contribution in [0.2, 0.25) is 0 Å². The number of carbonyl (C=O) groups is 3. The predicted octanol–water partition coefficient (Wildman–Crippen LogP) is 4.38. The van der Waals surface area contributed by atoms with E-state index in [1.807, 2.05) is 12.1 Å². The second kappa shape index (κ2) is 12.9. The summed E-state index contributed by atoms with van der Waals surface area (Å²) in [5, 5.41) is 14.2. The van der Waals surface area contributed by atoms with E-state index in [9.17, 15) is 23.2 Å². The van der Waals surface area contributed by atoms with Crippen molar-refractivity contribution in [2.24, 2.45) is 11.8 Å². The van der Waals surface area contributed by atoms with Crippen LogP contribution in [0.15, 0.2) is 36.4 Å². The minimum Gasteiger partial charge on any atom is -0.490 e. The maximum Gasteiger partial charge on any atom is 0.306 e. The molecule has 2 aromatic carbocycles. The number of carbonyl (C=O) groups excluding carboxylic acids is 2. The van der Waals surface area contributed by atoms with Crippen molar-refractivity contribution >= 4 is 23.5 Å². The average Bonchev–Trinajstić information content (AvgIpc) is 2.91. The number of carboxylic acid groups (broad SMARTS) is 1. The average molecular weight is 544 g/mol. The topological polar surface area (TPSA) is 108 Å². The number of halogens is 2. The van der Waals surface area contributed by atoms with Gasteiger partial charge in [0.25, 0.3) is 11.8 Å². The number of hydrogen-bond acceptors (Lipinski definition) is 5. The highest BCUT2D eigenvalue weighted by Gasteiger charge is 2.28. The monoisotopic (exact) mass is 543 g/mol. The van der Waals surface area contributed by atoms with E-state index in [0.717, 1.165) is 49.7 Å². The smallest absolute Gasteiger partial charge is 0.306 e. The van der Waals surface area contributed by atoms with Crippen molar-refractivity contribution in [3.05, 3.63) is 59.2 Å². The van der Waals surface area contributed by atoms with Gasteiger partial charge in [0, 0.05) is 49.6 Å². The molecule has 1 saturated heterocycles. The van der Waals surface area contributed by atoms with Crippen LogP contribution in [-0.2, 0) is 4.79 Å². The number of amides is 2. The summed E-state index contributed by atoms with van der Waals surface area (Å²) in [5.74, 6) is -3.96. The van der Waals surface area contributed by atoms with Crippen molar-refractivity contribution in [1.29, 1.82) is 0 Å². The first-order valence-electron chi connectivity index (χ1n) is 13.5. The van der Waals surface area contributed by atoms with Crippen LogP contribution >= 0.6 is 0 Å². The molecule has 1 heterocycles. The minimum atomic E-state index is -1.06. The van der Waals surface area contributed by atoms with Crippen molar-refractivity contribution in [2.45, 2.75) is 51.6 Å². The van der Waals surface area contributed by atoms with Gasteiger partial charge in [-0.2, -0.15) is 0 Å². The number of anilines is 1. The lowest BCUT2D eigenvalue weighted by atomic mass is 9.87. The molecule has 1 aliphatic heterocycles. The summed E-state index contributed by atoms with van der Waals surface area (Å²) in [6.45, 7) is 4.32. The molecule has 2 aromatic rings. The van der Waals surface area contributed by atoms with Crippen molar-refractivity contribution < 1.29 is 33.0 Å². The number of nitrogens with one attached hydrogen (secondary N) is 2. The molecule has 10 heteroatoms. The van der Waals surface area contributed by atoms with Gasteiger partial charge in [-0.05, 0) is 68.7 Å². The molecule has 0 unspecified atom stereocenters. The van der Waals surface area contributed by atoms with Gasteiger partial charge in [-0.25, -0.2) is 8.78 Å². The zero-order valence-corrected chi connectivity index (χ0v) is 22.1. The largest absolute Gasteiger partial charge is 0.490 e. The molecular weight excluding hydrogens is 508 g/mol. The minimum absolute atomic E-state index is 0.0153. The van der Waals surface area contributed by atoms with Gasteiger partial charge in [-0.15, -0.1) is 0 Å². The SMILES string of the molecule is CC1CCN(c2ccc(C(=O)NCCNC(=O)c3c(F)cc(O[C@H]4CC[C@@H](C(=O)O)CC4)cc3F)cc2)CC1. The Morgan fingerprint density at radius 3 is 2.03 bits per heavy atom. The molecule has 39 heavy (non-hydrogen) atoms. The van der Waals surface area contributed by atoms with Crippen molar-refractivity contribution in [3.63, 3.8) is 0 Å². The van der Waals surface area contributed by atoms with Gasteiger partial charge in [0.2, 0.25) is 0 Å². The van der Waals surface area contributed by atoms with Gasteiger partial charge in [0.05, 0.1) is 12.0 Å². The fourth-order valence-electron chi connectivity index (χ4n) is 5.09. The summed E-state index contributed by atoms with van der Waals surface area (Å²) in [7, 11) is 0.